The molecule has 3 heteroatoms. The summed E-state index contributed by atoms with van der Waals surface area (Å²) in [6, 6.07) is 63.3. The molecule has 0 aromatic heterocycles. The predicted molar refractivity (Wildman–Crippen MR) is 468 cm³/mol. The lowest BCUT2D eigenvalue weighted by atomic mass is 9.78. The Labute approximate surface area is 628 Å². The standard InChI is InChI=1S/C15H14.C15H16.C14H16Si.C9H18.C8H16.C7H14.C7H16.C6H16Si.C5H12.C4H12Si.2C3H8/c1-15(2)13-9-5-3-7-11(13)12-8-4-6-10-14(12)15;2*1-15(2,13-9-5-3-6-10-13)14-11-7-4-8-12-14;1-9(2)7-5-3-4-6-8-9;1-8(2)6-4-3-5-7-8;1-7(2)5-3-4-6-7;2*1-5-7(3,4)6-2;2*1-5(2,3)4;2*1-3-2/h3-10H,1-2H3;2*3-12H,1-2H3;3-8H2,1-2H3;3-7H2,1-2H3;3-6H2,1-2H3;2*5-6H2,1-4H3;2*1-4H3;2*3H2,1-2H3/i;;;;;;;;;1D3;;. The summed E-state index contributed by atoms with van der Waals surface area (Å²) in [5, 5.41) is 2.99. The number of benzene rings is 6. The van der Waals surface area contributed by atoms with Gasteiger partial charge in [-0.3, -0.25) is 0 Å². The van der Waals surface area contributed by atoms with Crippen LogP contribution >= 0.6 is 0 Å². The topological polar surface area (TPSA) is 0 Å². The van der Waals surface area contributed by atoms with Gasteiger partial charge in [0.1, 0.15) is 8.07 Å². The third-order valence-corrected chi connectivity index (χ3v) is 27.3. The molecule has 4 aliphatic rings. The molecule has 0 bridgehead atoms. The largest absolute Gasteiger partial charge is 0.112 e. The quantitative estimate of drug-likeness (QED) is 0.105. The summed E-state index contributed by atoms with van der Waals surface area (Å²) < 4.78 is 20.9. The Morgan fingerprint density at radius 2 is 0.566 bits per heavy atom. The first-order valence-electron chi connectivity index (χ1n) is 41.5. The van der Waals surface area contributed by atoms with E-state index >= 15 is 0 Å². The monoisotopic (exact) mass is 1410 g/mol. The van der Waals surface area contributed by atoms with Crippen LogP contribution in [0.5, 0.6) is 0 Å². The van der Waals surface area contributed by atoms with Gasteiger partial charge in [-0.15, -0.1) is 0 Å². The minimum Gasteiger partial charge on any atom is -0.0697 e. The molecule has 0 amide bonds. The summed E-state index contributed by atoms with van der Waals surface area (Å²) in [5.41, 5.74) is 11.8. The molecule has 0 N–H and O–H groups in total. The highest BCUT2D eigenvalue weighted by atomic mass is 28.3. The maximum Gasteiger partial charge on any atom is 0.112 e. The Hall–Kier alpha value is -4.03. The van der Waals surface area contributed by atoms with Gasteiger partial charge in [0.15, 0.2) is 0 Å². The Kier molecular flexibility index (Phi) is 44.9. The van der Waals surface area contributed by atoms with Crippen molar-refractivity contribution in [3.05, 3.63) is 192 Å². The molecule has 562 valence electrons. The molecule has 0 saturated heterocycles. The van der Waals surface area contributed by atoms with Gasteiger partial charge in [0.2, 0.25) is 0 Å². The number of fused-ring (bicyclic) bond motifs is 3. The second-order valence-corrected chi connectivity index (χ2v) is 51.7. The van der Waals surface area contributed by atoms with Crippen molar-refractivity contribution in [3.63, 3.8) is 0 Å². The minimum atomic E-state index is -1.86. The molecule has 0 heterocycles. The second kappa shape index (κ2) is 48.8. The van der Waals surface area contributed by atoms with Crippen molar-refractivity contribution in [2.75, 3.05) is 0 Å². The minimum absolute atomic E-state index is 0.0858. The first-order chi connectivity index (χ1) is 47.1. The molecular formula is C96H166Si3. The second-order valence-electron chi connectivity index (χ2n) is 37.0. The Bertz CT molecular complexity index is 2690. The van der Waals surface area contributed by atoms with Gasteiger partial charge in [-0.25, -0.2) is 0 Å². The fourth-order valence-corrected chi connectivity index (χ4v) is 14.3. The van der Waals surface area contributed by atoms with Gasteiger partial charge in [0, 0.05) is 31.1 Å². The molecule has 10 rings (SSSR count). The van der Waals surface area contributed by atoms with E-state index in [-0.39, 0.29) is 10.8 Å². The van der Waals surface area contributed by atoms with Crippen molar-refractivity contribution < 1.29 is 4.11 Å². The Morgan fingerprint density at radius 1 is 0.343 bits per heavy atom. The number of rotatable bonds is 8. The summed E-state index contributed by atoms with van der Waals surface area (Å²) in [7, 11) is -3.97. The van der Waals surface area contributed by atoms with Crippen LogP contribution in [0.3, 0.4) is 0 Å². The van der Waals surface area contributed by atoms with Crippen LogP contribution < -0.4 is 10.4 Å². The molecule has 3 saturated carbocycles. The molecule has 0 aliphatic heterocycles. The first kappa shape index (κ1) is 91.1. The fourth-order valence-electron chi connectivity index (χ4n) is 11.5. The van der Waals surface area contributed by atoms with Crippen molar-refractivity contribution >= 4 is 34.6 Å². The van der Waals surface area contributed by atoms with Crippen LogP contribution in [0.2, 0.25) is 64.4 Å². The van der Waals surface area contributed by atoms with Gasteiger partial charge in [-0.05, 0) is 99.0 Å². The lowest BCUT2D eigenvalue weighted by Crippen LogP contribution is -2.52. The average molecular weight is 1410 g/mol. The van der Waals surface area contributed by atoms with E-state index in [0.717, 1.165) is 0 Å². The number of hydrogen-bond acceptors (Lipinski definition) is 0. The van der Waals surface area contributed by atoms with Crippen LogP contribution in [0.25, 0.3) is 11.1 Å². The van der Waals surface area contributed by atoms with Crippen LogP contribution in [-0.4, -0.2) is 24.2 Å². The normalized spacial score (nSPS) is 16.4. The molecule has 6 aromatic carbocycles. The smallest absolute Gasteiger partial charge is 0.0697 e. The highest BCUT2D eigenvalue weighted by molar-refractivity contribution is 7.00. The molecule has 0 radical (unpaired) electrons. The Balaban J connectivity index is 0. The third kappa shape index (κ3) is 45.6. The molecule has 0 spiro atoms. The SMILES string of the molecule is CC(C)(C)C.CC(C)(c1ccccc1)c1ccccc1.CC1(C)CCCC1.CC1(C)CCCCC1.CC1(C)CCCCCC1.CC1(C)c2ccccc2-c2ccccc21.CCC.CCC.CCC(C)(C)CC.CC[Si](C)(C)CC.C[Si](C)(c1ccccc1)c1ccccc1.[2H]C([2H])([2H])[Si](C)(C)C. The molecule has 0 atom stereocenters. The fraction of sp³-hybridized carbons (Fsp3) is 0.625. The number of hydrogen-bond donors (Lipinski definition) is 0. The molecule has 6 aromatic rings. The Morgan fingerprint density at radius 3 is 0.778 bits per heavy atom. The molecular weight excluding hydrogens is 1240 g/mol. The van der Waals surface area contributed by atoms with E-state index in [2.05, 4.69) is 362 Å². The van der Waals surface area contributed by atoms with Gasteiger partial charge >= 0.3 is 0 Å². The maximum atomic E-state index is 6.98. The maximum absolute atomic E-state index is 6.98. The van der Waals surface area contributed by atoms with E-state index in [1.807, 2.05) is 19.6 Å². The lowest BCUT2D eigenvalue weighted by molar-refractivity contribution is 0.244. The molecule has 3 fully saturated rings. The summed E-state index contributed by atoms with van der Waals surface area (Å²) in [6.45, 7) is 67.9. The summed E-state index contributed by atoms with van der Waals surface area (Å²) in [6.07, 6.45) is 27.0. The molecule has 0 nitrogen and oxygen atoms in total. The first-order valence-corrected chi connectivity index (χ1v) is 49.9. The van der Waals surface area contributed by atoms with Crippen LogP contribution in [0.15, 0.2) is 170 Å². The zero-order chi connectivity index (χ0) is 78.8. The van der Waals surface area contributed by atoms with Gasteiger partial charge < -0.3 is 0 Å². The van der Waals surface area contributed by atoms with E-state index in [0.29, 0.717) is 27.1 Å². The van der Waals surface area contributed by atoms with Gasteiger partial charge in [-0.2, -0.15) is 0 Å². The highest BCUT2D eigenvalue weighted by Crippen LogP contribution is 2.48. The van der Waals surface area contributed by atoms with Crippen LogP contribution in [0, 0.1) is 27.1 Å². The van der Waals surface area contributed by atoms with Crippen molar-refractivity contribution in [3.8, 4) is 11.1 Å². The summed E-state index contributed by atoms with van der Waals surface area (Å²) in [4.78, 5) is 0. The highest BCUT2D eigenvalue weighted by Gasteiger charge is 2.34. The lowest BCUT2D eigenvalue weighted by Gasteiger charge is -2.28. The van der Waals surface area contributed by atoms with Crippen LogP contribution in [-0.2, 0) is 10.8 Å². The third-order valence-electron chi connectivity index (χ3n) is 19.9. The van der Waals surface area contributed by atoms with E-state index < -0.39 is 30.7 Å². The molecule has 99 heavy (non-hydrogen) atoms. The molecule has 0 unspecified atom stereocenters. The van der Waals surface area contributed by atoms with E-state index in [4.69, 9.17) is 4.11 Å². The van der Waals surface area contributed by atoms with Crippen molar-refractivity contribution in [1.29, 1.82) is 0 Å². The van der Waals surface area contributed by atoms with Crippen LogP contribution in [0.1, 0.15) is 315 Å². The average Bonchev–Trinajstić information content (AvgIpc) is 1.61. The summed E-state index contributed by atoms with van der Waals surface area (Å²) >= 11 is 0. The molecule has 4 aliphatic carbocycles. The van der Waals surface area contributed by atoms with Crippen molar-refractivity contribution in [2.24, 2.45) is 27.1 Å². The van der Waals surface area contributed by atoms with Gasteiger partial charge in [-0.1, -0.05) is 494 Å². The predicted octanol–water partition coefficient (Wildman–Crippen LogP) is 31.9. The zero-order valence-corrected chi connectivity index (χ0v) is 74.5. The summed E-state index contributed by atoms with van der Waals surface area (Å²) in [5.74, 6) is 0. The van der Waals surface area contributed by atoms with Crippen molar-refractivity contribution in [1.82, 2.24) is 0 Å². The van der Waals surface area contributed by atoms with Crippen LogP contribution in [0.4, 0.5) is 0 Å². The zero-order valence-electron chi connectivity index (χ0n) is 74.5. The van der Waals surface area contributed by atoms with E-state index in [1.165, 1.54) is 178 Å². The van der Waals surface area contributed by atoms with E-state index in [1.54, 1.807) is 0 Å². The van der Waals surface area contributed by atoms with Crippen molar-refractivity contribution in [2.45, 2.75) is 363 Å². The van der Waals surface area contributed by atoms with Gasteiger partial charge in [0.25, 0.3) is 0 Å². The van der Waals surface area contributed by atoms with E-state index in [9.17, 15) is 0 Å². The van der Waals surface area contributed by atoms with Gasteiger partial charge in [0.05, 0.1) is 0 Å².